The third kappa shape index (κ3) is 3.67. The van der Waals surface area contributed by atoms with Gasteiger partial charge < -0.3 is 5.32 Å². The number of nitrogens with one attached hydrogen (secondary N) is 1. The molecule has 1 aliphatic carbocycles. The summed E-state index contributed by atoms with van der Waals surface area (Å²) >= 11 is 1.37. The summed E-state index contributed by atoms with van der Waals surface area (Å²) in [5.74, 6) is -0.143. The molecule has 2 heterocycles. The van der Waals surface area contributed by atoms with E-state index in [1.807, 2.05) is 32.0 Å². The van der Waals surface area contributed by atoms with Crippen LogP contribution in [-0.4, -0.2) is 21.5 Å². The smallest absolute Gasteiger partial charge is 0.271 e. The van der Waals surface area contributed by atoms with E-state index >= 15 is 0 Å². The molecule has 140 valence electrons. The Morgan fingerprint density at radius 3 is 2.78 bits per heavy atom. The van der Waals surface area contributed by atoms with Gasteiger partial charge in [0.05, 0.1) is 11.9 Å². The number of aryl methyl sites for hydroxylation is 2. The number of hydrogen-bond donors (Lipinski definition) is 1. The lowest BCUT2D eigenvalue weighted by Gasteiger charge is -2.14. The Bertz CT molecular complexity index is 1030. The minimum absolute atomic E-state index is 0.0215. The lowest BCUT2D eigenvalue weighted by Crippen LogP contribution is -2.33. The minimum Gasteiger partial charge on any atom is -0.349 e. The summed E-state index contributed by atoms with van der Waals surface area (Å²) in [5.41, 5.74) is 2.32. The molecule has 1 N–H and O–H groups in total. The first-order valence-electron chi connectivity index (χ1n) is 9.39. The molecular weight excluding hydrogens is 358 g/mol. The highest BCUT2D eigenvalue weighted by Crippen LogP contribution is 2.34. The summed E-state index contributed by atoms with van der Waals surface area (Å²) in [6, 6.07) is 10.6. The van der Waals surface area contributed by atoms with Crippen LogP contribution in [0.4, 0.5) is 0 Å². The molecule has 1 aliphatic rings. The van der Waals surface area contributed by atoms with Gasteiger partial charge in [-0.05, 0) is 45.1 Å². The summed E-state index contributed by atoms with van der Waals surface area (Å²) in [7, 11) is 0. The van der Waals surface area contributed by atoms with Gasteiger partial charge in [-0.15, -0.1) is 11.3 Å². The minimum atomic E-state index is -0.143. The molecule has 0 saturated heterocycles. The fourth-order valence-electron chi connectivity index (χ4n) is 3.37. The fraction of sp³-hybridized carbons (Fsp3) is 0.381. The zero-order chi connectivity index (χ0) is 19.0. The lowest BCUT2D eigenvalue weighted by molar-refractivity contribution is 0.0940. The van der Waals surface area contributed by atoms with Crippen molar-refractivity contribution in [1.29, 1.82) is 0 Å². The molecule has 1 aromatic carbocycles. The highest BCUT2D eigenvalue weighted by Gasteiger charge is 2.27. The van der Waals surface area contributed by atoms with E-state index in [1.54, 1.807) is 10.9 Å². The summed E-state index contributed by atoms with van der Waals surface area (Å²) in [6.07, 6.45) is 5.44. The second-order valence-electron chi connectivity index (χ2n) is 7.30. The molecule has 0 radical (unpaired) electrons. The molecule has 1 amide bonds. The van der Waals surface area contributed by atoms with Crippen molar-refractivity contribution >= 4 is 27.5 Å². The molecule has 4 rings (SSSR count). The van der Waals surface area contributed by atoms with Gasteiger partial charge in [-0.2, -0.15) is 0 Å². The third-order valence-electron chi connectivity index (χ3n) is 5.05. The Morgan fingerprint density at radius 1 is 1.33 bits per heavy atom. The van der Waals surface area contributed by atoms with Crippen molar-refractivity contribution in [2.75, 3.05) is 0 Å². The van der Waals surface area contributed by atoms with Gasteiger partial charge in [-0.1, -0.05) is 30.3 Å². The maximum Gasteiger partial charge on any atom is 0.271 e. The molecular formula is C21H23N3O2S. The van der Waals surface area contributed by atoms with E-state index in [4.69, 9.17) is 0 Å². The van der Waals surface area contributed by atoms with Crippen molar-refractivity contribution in [3.63, 3.8) is 0 Å². The van der Waals surface area contributed by atoms with Crippen LogP contribution in [-0.2, 0) is 6.42 Å². The van der Waals surface area contributed by atoms with Gasteiger partial charge in [-0.25, -0.2) is 4.98 Å². The summed E-state index contributed by atoms with van der Waals surface area (Å²) in [6.45, 7) is 3.90. The van der Waals surface area contributed by atoms with Crippen LogP contribution in [0.5, 0.6) is 0 Å². The Hall–Kier alpha value is -2.47. The Kier molecular flexibility index (Phi) is 4.83. The molecule has 5 nitrogen and oxygen atoms in total. The molecule has 0 unspecified atom stereocenters. The molecule has 1 atom stereocenters. The van der Waals surface area contributed by atoms with Crippen molar-refractivity contribution < 1.29 is 4.79 Å². The molecule has 0 bridgehead atoms. The van der Waals surface area contributed by atoms with Crippen LogP contribution in [0.15, 0.2) is 41.5 Å². The zero-order valence-corrected chi connectivity index (χ0v) is 16.4. The standard InChI is InChI=1S/C21H23N3O2S/c1-13(8-9-15-6-4-3-5-7-15)23-20(25)17-14(2)27-19-18(17)22-12-24(21(19)26)16-10-11-16/h3-7,12-13,16H,8-11H2,1-2H3,(H,23,25)/t13-/m0/s1. The lowest BCUT2D eigenvalue weighted by atomic mass is 10.1. The first-order chi connectivity index (χ1) is 13.0. The molecule has 1 saturated carbocycles. The van der Waals surface area contributed by atoms with Gasteiger partial charge in [-0.3, -0.25) is 14.2 Å². The predicted molar refractivity (Wildman–Crippen MR) is 109 cm³/mol. The van der Waals surface area contributed by atoms with E-state index in [1.165, 1.54) is 16.9 Å². The van der Waals surface area contributed by atoms with Crippen molar-refractivity contribution in [1.82, 2.24) is 14.9 Å². The average Bonchev–Trinajstić information content (AvgIpc) is 3.43. The van der Waals surface area contributed by atoms with E-state index in [9.17, 15) is 9.59 Å². The van der Waals surface area contributed by atoms with Crippen molar-refractivity contribution in [2.45, 2.75) is 51.6 Å². The highest BCUT2D eigenvalue weighted by molar-refractivity contribution is 7.19. The number of rotatable bonds is 6. The number of benzene rings is 1. The van der Waals surface area contributed by atoms with Crippen molar-refractivity contribution in [3.8, 4) is 0 Å². The monoisotopic (exact) mass is 381 g/mol. The van der Waals surface area contributed by atoms with Crippen molar-refractivity contribution in [3.05, 3.63) is 63.0 Å². The number of aromatic nitrogens is 2. The maximum atomic E-state index is 12.9. The van der Waals surface area contributed by atoms with Crippen LogP contribution in [0.1, 0.15) is 53.0 Å². The molecule has 1 fully saturated rings. The Morgan fingerprint density at radius 2 is 2.07 bits per heavy atom. The average molecular weight is 382 g/mol. The second kappa shape index (κ2) is 7.27. The van der Waals surface area contributed by atoms with Gasteiger partial charge in [0.15, 0.2) is 0 Å². The molecule has 6 heteroatoms. The quantitative estimate of drug-likeness (QED) is 0.705. The second-order valence-corrected chi connectivity index (χ2v) is 8.52. The summed E-state index contributed by atoms with van der Waals surface area (Å²) < 4.78 is 2.30. The number of carbonyl (C=O) groups is 1. The summed E-state index contributed by atoms with van der Waals surface area (Å²) in [5, 5.41) is 3.07. The van der Waals surface area contributed by atoms with Crippen LogP contribution in [0.3, 0.4) is 0 Å². The molecule has 0 spiro atoms. The van der Waals surface area contributed by atoms with Crippen LogP contribution < -0.4 is 10.9 Å². The van der Waals surface area contributed by atoms with Crippen LogP contribution >= 0.6 is 11.3 Å². The van der Waals surface area contributed by atoms with E-state index in [2.05, 4.69) is 22.4 Å². The van der Waals surface area contributed by atoms with Crippen LogP contribution in [0, 0.1) is 6.92 Å². The highest BCUT2D eigenvalue weighted by atomic mass is 32.1. The van der Waals surface area contributed by atoms with E-state index in [0.29, 0.717) is 15.8 Å². The summed E-state index contributed by atoms with van der Waals surface area (Å²) in [4.78, 5) is 30.8. The first kappa shape index (κ1) is 17.9. The maximum absolute atomic E-state index is 12.9. The van der Waals surface area contributed by atoms with Gasteiger partial charge in [0.1, 0.15) is 10.2 Å². The van der Waals surface area contributed by atoms with Crippen LogP contribution in [0.2, 0.25) is 0 Å². The van der Waals surface area contributed by atoms with Crippen molar-refractivity contribution in [2.24, 2.45) is 0 Å². The van der Waals surface area contributed by atoms with Gasteiger partial charge in [0.2, 0.25) is 0 Å². The number of hydrogen-bond acceptors (Lipinski definition) is 4. The molecule has 0 aliphatic heterocycles. The number of thiophene rings is 1. The van der Waals surface area contributed by atoms with Gasteiger partial charge in [0, 0.05) is 17.0 Å². The van der Waals surface area contributed by atoms with Gasteiger partial charge in [0.25, 0.3) is 11.5 Å². The SMILES string of the molecule is Cc1sc2c(=O)n(C3CC3)cnc2c1C(=O)N[C@@H](C)CCc1ccccc1. The number of carbonyl (C=O) groups excluding carboxylic acids is 1. The fourth-order valence-corrected chi connectivity index (χ4v) is 4.41. The topological polar surface area (TPSA) is 64.0 Å². The normalized spacial score (nSPS) is 15.0. The molecule has 2 aromatic heterocycles. The number of nitrogens with zero attached hydrogens (tertiary/aromatic N) is 2. The Balaban J connectivity index is 1.51. The number of fused-ring (bicyclic) bond motifs is 1. The van der Waals surface area contributed by atoms with E-state index in [-0.39, 0.29) is 23.6 Å². The van der Waals surface area contributed by atoms with Gasteiger partial charge >= 0.3 is 0 Å². The van der Waals surface area contributed by atoms with Crippen LogP contribution in [0.25, 0.3) is 10.2 Å². The van der Waals surface area contributed by atoms with E-state index in [0.717, 1.165) is 30.6 Å². The molecule has 3 aromatic rings. The molecule has 27 heavy (non-hydrogen) atoms. The zero-order valence-electron chi connectivity index (χ0n) is 15.6. The third-order valence-corrected chi connectivity index (χ3v) is 6.14. The Labute approximate surface area is 162 Å². The largest absolute Gasteiger partial charge is 0.349 e. The number of amides is 1. The predicted octanol–water partition coefficient (Wildman–Crippen LogP) is 3.85. The first-order valence-corrected chi connectivity index (χ1v) is 10.2. The van der Waals surface area contributed by atoms with E-state index < -0.39 is 0 Å².